The molecule has 1 unspecified atom stereocenters. The molecule has 3 rings (SSSR count). The van der Waals surface area contributed by atoms with E-state index in [1.54, 1.807) is 11.3 Å². The number of benzene rings is 1. The first-order chi connectivity index (χ1) is 9.63. The van der Waals surface area contributed by atoms with E-state index >= 15 is 0 Å². The highest BCUT2D eigenvalue weighted by atomic mass is 32.1. The lowest BCUT2D eigenvalue weighted by atomic mass is 9.92. The van der Waals surface area contributed by atoms with E-state index in [1.807, 2.05) is 30.5 Å². The summed E-state index contributed by atoms with van der Waals surface area (Å²) in [6.45, 7) is 3.20. The van der Waals surface area contributed by atoms with Crippen LogP contribution >= 0.6 is 11.3 Å². The summed E-state index contributed by atoms with van der Waals surface area (Å²) in [7, 11) is 0. The second-order valence-corrected chi connectivity index (χ2v) is 6.17. The number of para-hydroxylation sites is 1. The van der Waals surface area contributed by atoms with Crippen LogP contribution in [0.4, 0.5) is 5.69 Å². The van der Waals surface area contributed by atoms with Gasteiger partial charge in [-0.1, -0.05) is 18.2 Å². The van der Waals surface area contributed by atoms with Gasteiger partial charge in [-0.2, -0.15) is 0 Å². The third-order valence-electron chi connectivity index (χ3n) is 3.61. The molecule has 0 radical (unpaired) electrons. The number of aromatic nitrogens is 1. The number of aliphatic carboxylic acids is 1. The topological polar surface area (TPSA) is 53.4 Å². The normalized spacial score (nSPS) is 17.9. The monoisotopic (exact) mass is 288 g/mol. The van der Waals surface area contributed by atoms with Gasteiger partial charge in [-0.25, -0.2) is 4.98 Å². The summed E-state index contributed by atoms with van der Waals surface area (Å²) in [5, 5.41) is 12.4. The first-order valence-corrected chi connectivity index (χ1v) is 7.48. The summed E-state index contributed by atoms with van der Waals surface area (Å²) in [6.07, 6.45) is 0.609. The number of carbonyl (C=O) groups is 1. The molecule has 0 spiro atoms. The van der Waals surface area contributed by atoms with Gasteiger partial charge < -0.3 is 10.0 Å². The smallest absolute Gasteiger partial charge is 0.308 e. The fraction of sp³-hybridized carbons (Fsp3) is 0.333. The molecule has 0 saturated carbocycles. The average Bonchev–Trinajstić information content (AvgIpc) is 2.84. The van der Waals surface area contributed by atoms with E-state index in [2.05, 4.69) is 16.0 Å². The van der Waals surface area contributed by atoms with Gasteiger partial charge in [-0.15, -0.1) is 11.3 Å². The van der Waals surface area contributed by atoms with Gasteiger partial charge in [-0.05, 0) is 25.0 Å². The van der Waals surface area contributed by atoms with E-state index < -0.39 is 5.97 Å². The number of thiazole rings is 1. The van der Waals surface area contributed by atoms with Crippen molar-refractivity contribution in [2.75, 3.05) is 11.4 Å². The molecule has 2 heterocycles. The molecule has 0 amide bonds. The highest BCUT2D eigenvalue weighted by Crippen LogP contribution is 2.31. The first-order valence-electron chi connectivity index (χ1n) is 6.60. The zero-order valence-corrected chi connectivity index (χ0v) is 12.1. The Hall–Kier alpha value is -1.88. The van der Waals surface area contributed by atoms with Crippen molar-refractivity contribution in [2.24, 2.45) is 5.92 Å². The maximum atomic E-state index is 11.3. The van der Waals surface area contributed by atoms with Crippen molar-refractivity contribution in [2.45, 2.75) is 19.9 Å². The lowest BCUT2D eigenvalue weighted by molar-refractivity contribution is -0.141. The predicted molar refractivity (Wildman–Crippen MR) is 79.2 cm³/mol. The summed E-state index contributed by atoms with van der Waals surface area (Å²) < 4.78 is 0. The summed E-state index contributed by atoms with van der Waals surface area (Å²) in [5.74, 6) is -1.07. The van der Waals surface area contributed by atoms with Gasteiger partial charge in [0.1, 0.15) is 0 Å². The molecule has 4 nitrogen and oxygen atoms in total. The van der Waals surface area contributed by atoms with E-state index in [0.717, 1.165) is 22.0 Å². The quantitative estimate of drug-likeness (QED) is 0.943. The molecule has 2 aromatic rings. The molecule has 0 bridgehead atoms. The fourth-order valence-electron chi connectivity index (χ4n) is 2.68. The molecule has 0 fully saturated rings. The SMILES string of the molecule is Cc1nc(CN2CC(C(=O)O)Cc3ccccc32)cs1. The Balaban J connectivity index is 1.90. The summed E-state index contributed by atoms with van der Waals surface area (Å²) >= 11 is 1.63. The molecule has 0 aliphatic carbocycles. The van der Waals surface area contributed by atoms with Crippen LogP contribution in [0.15, 0.2) is 29.6 Å². The van der Waals surface area contributed by atoms with Crippen molar-refractivity contribution in [3.05, 3.63) is 45.9 Å². The van der Waals surface area contributed by atoms with Crippen LogP contribution in [0.25, 0.3) is 0 Å². The van der Waals surface area contributed by atoms with Crippen molar-refractivity contribution in [1.29, 1.82) is 0 Å². The van der Waals surface area contributed by atoms with Crippen molar-refractivity contribution < 1.29 is 9.90 Å². The number of hydrogen-bond acceptors (Lipinski definition) is 4. The third kappa shape index (κ3) is 2.54. The van der Waals surface area contributed by atoms with Crippen LogP contribution in [0.3, 0.4) is 0 Å². The predicted octanol–water partition coefficient (Wildman–Crippen LogP) is 2.72. The van der Waals surface area contributed by atoms with Crippen LogP contribution in [-0.4, -0.2) is 22.6 Å². The van der Waals surface area contributed by atoms with Gasteiger partial charge in [-0.3, -0.25) is 4.79 Å². The second kappa shape index (κ2) is 5.25. The fourth-order valence-corrected chi connectivity index (χ4v) is 3.28. The van der Waals surface area contributed by atoms with Crippen molar-refractivity contribution in [1.82, 2.24) is 4.98 Å². The van der Waals surface area contributed by atoms with Gasteiger partial charge in [0.2, 0.25) is 0 Å². The zero-order chi connectivity index (χ0) is 14.1. The molecular formula is C15H16N2O2S. The molecule has 1 aromatic heterocycles. The number of aryl methyl sites for hydroxylation is 1. The van der Waals surface area contributed by atoms with E-state index in [0.29, 0.717) is 19.5 Å². The minimum absolute atomic E-state index is 0.343. The van der Waals surface area contributed by atoms with Gasteiger partial charge in [0.05, 0.1) is 23.2 Å². The molecule has 20 heavy (non-hydrogen) atoms. The lowest BCUT2D eigenvalue weighted by Crippen LogP contribution is -2.38. The van der Waals surface area contributed by atoms with Crippen LogP contribution in [0.5, 0.6) is 0 Å². The number of anilines is 1. The Morgan fingerprint density at radius 1 is 1.50 bits per heavy atom. The molecular weight excluding hydrogens is 272 g/mol. The largest absolute Gasteiger partial charge is 0.481 e. The number of hydrogen-bond donors (Lipinski definition) is 1. The Bertz CT molecular complexity index is 638. The molecule has 1 aliphatic heterocycles. The summed E-state index contributed by atoms with van der Waals surface area (Å²) in [4.78, 5) is 17.9. The maximum absolute atomic E-state index is 11.3. The molecule has 1 aromatic carbocycles. The molecule has 1 atom stereocenters. The minimum Gasteiger partial charge on any atom is -0.481 e. The Morgan fingerprint density at radius 3 is 3.00 bits per heavy atom. The molecule has 0 saturated heterocycles. The summed E-state index contributed by atoms with van der Waals surface area (Å²) in [5.41, 5.74) is 3.25. The van der Waals surface area contributed by atoms with E-state index in [-0.39, 0.29) is 5.92 Å². The van der Waals surface area contributed by atoms with E-state index in [1.165, 1.54) is 0 Å². The van der Waals surface area contributed by atoms with Crippen LogP contribution in [0.2, 0.25) is 0 Å². The van der Waals surface area contributed by atoms with E-state index in [9.17, 15) is 9.90 Å². The lowest BCUT2D eigenvalue weighted by Gasteiger charge is -2.34. The number of fused-ring (bicyclic) bond motifs is 1. The van der Waals surface area contributed by atoms with Crippen LogP contribution in [-0.2, 0) is 17.8 Å². The highest BCUT2D eigenvalue weighted by molar-refractivity contribution is 7.09. The van der Waals surface area contributed by atoms with Crippen LogP contribution in [0, 0.1) is 12.8 Å². The summed E-state index contributed by atoms with van der Waals surface area (Å²) in [6, 6.07) is 8.05. The highest BCUT2D eigenvalue weighted by Gasteiger charge is 2.29. The zero-order valence-electron chi connectivity index (χ0n) is 11.2. The van der Waals surface area contributed by atoms with Crippen LogP contribution in [0.1, 0.15) is 16.3 Å². The average molecular weight is 288 g/mol. The van der Waals surface area contributed by atoms with Crippen molar-refractivity contribution >= 4 is 23.0 Å². The first kappa shape index (κ1) is 13.1. The van der Waals surface area contributed by atoms with Crippen molar-refractivity contribution in [3.63, 3.8) is 0 Å². The Morgan fingerprint density at radius 2 is 2.30 bits per heavy atom. The number of carboxylic acids is 1. The number of nitrogens with zero attached hydrogens (tertiary/aromatic N) is 2. The Kier molecular flexibility index (Phi) is 3.44. The minimum atomic E-state index is -0.723. The maximum Gasteiger partial charge on any atom is 0.308 e. The molecule has 5 heteroatoms. The van der Waals surface area contributed by atoms with Gasteiger partial charge in [0, 0.05) is 17.6 Å². The van der Waals surface area contributed by atoms with E-state index in [4.69, 9.17) is 0 Å². The Labute approximate surface area is 121 Å². The van der Waals surface area contributed by atoms with Gasteiger partial charge in [0.15, 0.2) is 0 Å². The van der Waals surface area contributed by atoms with Gasteiger partial charge in [0.25, 0.3) is 0 Å². The number of carboxylic acid groups (broad SMARTS) is 1. The number of rotatable bonds is 3. The second-order valence-electron chi connectivity index (χ2n) is 5.11. The standard InChI is InChI=1S/C15H16N2O2S/c1-10-16-13(9-20-10)8-17-7-12(15(18)19)6-11-4-2-3-5-14(11)17/h2-5,9,12H,6-8H2,1H3,(H,18,19). The molecule has 1 N–H and O–H groups in total. The van der Waals surface area contributed by atoms with Crippen LogP contribution < -0.4 is 4.90 Å². The van der Waals surface area contributed by atoms with Crippen molar-refractivity contribution in [3.8, 4) is 0 Å². The van der Waals surface area contributed by atoms with Gasteiger partial charge >= 0.3 is 5.97 Å². The molecule has 104 valence electrons. The third-order valence-corrected chi connectivity index (χ3v) is 4.43. The molecule has 1 aliphatic rings.